The highest BCUT2D eigenvalue weighted by atomic mass is 35.5. The van der Waals surface area contributed by atoms with Gasteiger partial charge in [0.15, 0.2) is 11.5 Å². The first kappa shape index (κ1) is 21.1. The number of fused-ring (bicyclic) bond motifs is 1. The highest BCUT2D eigenvalue weighted by molar-refractivity contribution is 6.46. The number of anilines is 2. The number of carbonyl (C=O) groups excluding carboxylic acids is 2. The molecule has 7 heteroatoms. The second kappa shape index (κ2) is 8.30. The van der Waals surface area contributed by atoms with Crippen LogP contribution in [0.25, 0.3) is 5.57 Å². The first-order valence-electron chi connectivity index (χ1n) is 10.6. The molecule has 5 rings (SSSR count). The summed E-state index contributed by atoms with van der Waals surface area (Å²) in [5.41, 5.74) is 4.05. The van der Waals surface area contributed by atoms with Crippen LogP contribution in [-0.2, 0) is 9.59 Å². The van der Waals surface area contributed by atoms with Crippen LogP contribution in [0.5, 0.6) is 11.5 Å². The van der Waals surface area contributed by atoms with Crippen molar-refractivity contribution < 1.29 is 19.1 Å². The van der Waals surface area contributed by atoms with E-state index in [-0.39, 0.29) is 11.3 Å². The van der Waals surface area contributed by atoms with Crippen LogP contribution in [0.3, 0.4) is 0 Å². The van der Waals surface area contributed by atoms with Crippen molar-refractivity contribution in [2.24, 2.45) is 0 Å². The van der Waals surface area contributed by atoms with Gasteiger partial charge in [-0.05, 0) is 60.9 Å². The predicted molar refractivity (Wildman–Crippen MR) is 128 cm³/mol. The van der Waals surface area contributed by atoms with Gasteiger partial charge in [-0.3, -0.25) is 9.59 Å². The molecular formula is C26H21ClN2O4. The van der Waals surface area contributed by atoms with Gasteiger partial charge in [-0.1, -0.05) is 35.9 Å². The second-order valence-electron chi connectivity index (χ2n) is 7.98. The Morgan fingerprint density at radius 1 is 0.848 bits per heavy atom. The normalized spacial score (nSPS) is 15.3. The number of nitrogens with zero attached hydrogens (tertiary/aromatic N) is 1. The number of hydrogen-bond acceptors (Lipinski definition) is 5. The summed E-state index contributed by atoms with van der Waals surface area (Å²) in [7, 11) is 0. The van der Waals surface area contributed by atoms with E-state index >= 15 is 0 Å². The fraction of sp³-hybridized carbons (Fsp3) is 0.154. The van der Waals surface area contributed by atoms with E-state index in [1.807, 2.05) is 32.0 Å². The molecule has 6 nitrogen and oxygen atoms in total. The fourth-order valence-electron chi connectivity index (χ4n) is 3.97. The molecule has 0 radical (unpaired) electrons. The molecule has 0 unspecified atom stereocenters. The number of carbonyl (C=O) groups is 2. The molecule has 2 heterocycles. The summed E-state index contributed by atoms with van der Waals surface area (Å²) in [5, 5.41) is 3.71. The summed E-state index contributed by atoms with van der Waals surface area (Å²) in [6, 6.07) is 17.9. The number of hydrogen-bond donors (Lipinski definition) is 1. The number of halogens is 1. The molecule has 166 valence electrons. The molecule has 2 amide bonds. The van der Waals surface area contributed by atoms with Crippen LogP contribution in [0.1, 0.15) is 16.7 Å². The number of aryl methyl sites for hydroxylation is 2. The zero-order chi connectivity index (χ0) is 23.1. The molecule has 1 N–H and O–H groups in total. The maximum Gasteiger partial charge on any atom is 0.282 e. The van der Waals surface area contributed by atoms with Crippen molar-refractivity contribution in [3.05, 3.63) is 88.1 Å². The topological polar surface area (TPSA) is 67.9 Å². The van der Waals surface area contributed by atoms with Crippen molar-refractivity contribution >= 4 is 40.4 Å². The van der Waals surface area contributed by atoms with E-state index < -0.39 is 11.8 Å². The third kappa shape index (κ3) is 3.83. The maximum atomic E-state index is 13.6. The van der Waals surface area contributed by atoms with E-state index in [4.69, 9.17) is 21.1 Å². The molecule has 0 spiro atoms. The lowest BCUT2D eigenvalue weighted by molar-refractivity contribution is -0.120. The number of rotatable bonds is 4. The Labute approximate surface area is 196 Å². The smallest absolute Gasteiger partial charge is 0.282 e. The summed E-state index contributed by atoms with van der Waals surface area (Å²) in [5.74, 6) is 0.414. The Kier molecular flexibility index (Phi) is 5.30. The Bertz CT molecular complexity index is 1310. The minimum Gasteiger partial charge on any atom is -0.486 e. The number of benzene rings is 3. The molecule has 0 bridgehead atoms. The van der Waals surface area contributed by atoms with E-state index in [2.05, 4.69) is 5.32 Å². The van der Waals surface area contributed by atoms with Crippen molar-refractivity contribution in [3.8, 4) is 11.5 Å². The van der Waals surface area contributed by atoms with Gasteiger partial charge in [-0.15, -0.1) is 0 Å². The molecule has 0 aromatic heterocycles. The molecule has 0 saturated heterocycles. The summed E-state index contributed by atoms with van der Waals surface area (Å²) in [6.07, 6.45) is 0. The van der Waals surface area contributed by atoms with Gasteiger partial charge in [0, 0.05) is 16.8 Å². The molecule has 33 heavy (non-hydrogen) atoms. The third-order valence-corrected chi connectivity index (χ3v) is 5.89. The molecule has 3 aromatic carbocycles. The van der Waals surface area contributed by atoms with Crippen LogP contribution < -0.4 is 19.7 Å². The van der Waals surface area contributed by atoms with E-state index in [1.54, 1.807) is 42.5 Å². The number of imide groups is 1. The lowest BCUT2D eigenvalue weighted by Gasteiger charge is -2.20. The molecule has 3 aromatic rings. The van der Waals surface area contributed by atoms with Crippen molar-refractivity contribution in [2.45, 2.75) is 13.8 Å². The van der Waals surface area contributed by atoms with Gasteiger partial charge in [0.25, 0.3) is 11.8 Å². The Hall–Kier alpha value is -3.77. The molecule has 0 saturated carbocycles. The second-order valence-corrected chi connectivity index (χ2v) is 8.41. The van der Waals surface area contributed by atoms with Gasteiger partial charge in [-0.2, -0.15) is 0 Å². The monoisotopic (exact) mass is 460 g/mol. The highest BCUT2D eigenvalue weighted by Gasteiger charge is 2.41. The zero-order valence-corrected chi connectivity index (χ0v) is 18.9. The van der Waals surface area contributed by atoms with E-state index in [9.17, 15) is 9.59 Å². The molecule has 0 atom stereocenters. The Morgan fingerprint density at radius 2 is 1.58 bits per heavy atom. The average molecular weight is 461 g/mol. The van der Waals surface area contributed by atoms with Crippen LogP contribution >= 0.6 is 11.6 Å². The fourth-order valence-corrected chi connectivity index (χ4v) is 4.10. The number of amides is 2. The number of ether oxygens (including phenoxy) is 2. The predicted octanol–water partition coefficient (Wildman–Crippen LogP) is 5.12. The maximum absolute atomic E-state index is 13.6. The summed E-state index contributed by atoms with van der Waals surface area (Å²) in [4.78, 5) is 28.5. The standard InChI is InChI=1S/C26H21ClN2O4/c1-15-3-4-16(2)20(13-15)29-25(30)23(17-5-7-18(27)8-6-17)24(26(29)31)28-19-9-10-21-22(14-19)33-12-11-32-21/h3-10,13-14,28H,11-12H2,1-2H3. The van der Waals surface area contributed by atoms with Crippen molar-refractivity contribution in [2.75, 3.05) is 23.4 Å². The first-order valence-corrected chi connectivity index (χ1v) is 10.9. The number of nitrogens with one attached hydrogen (secondary N) is 1. The largest absolute Gasteiger partial charge is 0.486 e. The van der Waals surface area contributed by atoms with Crippen LogP contribution in [0.4, 0.5) is 11.4 Å². The van der Waals surface area contributed by atoms with Gasteiger partial charge in [0.05, 0.1) is 11.3 Å². The SMILES string of the molecule is Cc1ccc(C)c(N2C(=O)C(Nc3ccc4c(c3)OCCO4)=C(c3ccc(Cl)cc3)C2=O)c1. The van der Waals surface area contributed by atoms with Gasteiger partial charge < -0.3 is 14.8 Å². The lowest BCUT2D eigenvalue weighted by Crippen LogP contribution is -2.33. The minimum absolute atomic E-state index is 0.194. The van der Waals surface area contributed by atoms with Gasteiger partial charge in [0.2, 0.25) is 0 Å². The van der Waals surface area contributed by atoms with Crippen molar-refractivity contribution in [3.63, 3.8) is 0 Å². The minimum atomic E-state index is -0.423. The molecule has 2 aliphatic heterocycles. The van der Waals surface area contributed by atoms with Crippen LogP contribution in [0.15, 0.2) is 66.4 Å². The highest BCUT2D eigenvalue weighted by Crippen LogP contribution is 2.38. The summed E-state index contributed by atoms with van der Waals surface area (Å²) in [6.45, 7) is 4.75. The molecule has 0 fully saturated rings. The summed E-state index contributed by atoms with van der Waals surface area (Å²) >= 11 is 6.06. The average Bonchev–Trinajstić information content (AvgIpc) is 3.05. The third-order valence-electron chi connectivity index (χ3n) is 5.63. The van der Waals surface area contributed by atoms with Crippen molar-refractivity contribution in [1.29, 1.82) is 0 Å². The van der Waals surface area contributed by atoms with E-state index in [1.165, 1.54) is 4.90 Å². The van der Waals surface area contributed by atoms with E-state index in [0.717, 1.165) is 11.1 Å². The summed E-state index contributed by atoms with van der Waals surface area (Å²) < 4.78 is 11.2. The quantitative estimate of drug-likeness (QED) is 0.547. The van der Waals surface area contributed by atoms with Gasteiger partial charge in [-0.25, -0.2) is 4.90 Å². The van der Waals surface area contributed by atoms with Crippen LogP contribution in [-0.4, -0.2) is 25.0 Å². The first-order chi connectivity index (χ1) is 15.9. The van der Waals surface area contributed by atoms with Gasteiger partial charge in [0.1, 0.15) is 18.9 Å². The van der Waals surface area contributed by atoms with Gasteiger partial charge >= 0.3 is 0 Å². The zero-order valence-electron chi connectivity index (χ0n) is 18.1. The molecule has 0 aliphatic carbocycles. The molecular weight excluding hydrogens is 440 g/mol. The van der Waals surface area contributed by atoms with Crippen LogP contribution in [0, 0.1) is 13.8 Å². The van der Waals surface area contributed by atoms with E-state index in [0.29, 0.717) is 46.7 Å². The Balaban J connectivity index is 1.60. The Morgan fingerprint density at radius 3 is 2.33 bits per heavy atom. The molecule has 2 aliphatic rings. The lowest BCUT2D eigenvalue weighted by atomic mass is 10.0. The van der Waals surface area contributed by atoms with Crippen molar-refractivity contribution in [1.82, 2.24) is 0 Å². The van der Waals surface area contributed by atoms with Crippen LogP contribution in [0.2, 0.25) is 5.02 Å².